The molecule has 8 nitrogen and oxygen atoms in total. The van der Waals surface area contributed by atoms with Gasteiger partial charge < -0.3 is 4.42 Å². The summed E-state index contributed by atoms with van der Waals surface area (Å²) in [6.07, 6.45) is 0. The van der Waals surface area contributed by atoms with Crippen molar-refractivity contribution < 1.29 is 14.1 Å². The minimum atomic E-state index is -0.824. The molecular formula is C24H13N3O5S. The molecule has 3 heterocycles. The van der Waals surface area contributed by atoms with Crippen molar-refractivity contribution in [2.75, 3.05) is 4.90 Å². The zero-order valence-corrected chi connectivity index (χ0v) is 17.6. The van der Waals surface area contributed by atoms with E-state index in [1.807, 2.05) is 24.3 Å². The number of nitro groups is 1. The first kappa shape index (κ1) is 19.3. The molecule has 3 aromatic carbocycles. The Bertz CT molecular complexity index is 1620. The first-order chi connectivity index (χ1) is 16.0. The Balaban J connectivity index is 1.62. The van der Waals surface area contributed by atoms with Crippen LogP contribution in [-0.4, -0.2) is 15.8 Å². The molecule has 0 N–H and O–H groups in total. The monoisotopic (exact) mass is 455 g/mol. The van der Waals surface area contributed by atoms with Crippen LogP contribution >= 0.6 is 11.3 Å². The third-order valence-corrected chi connectivity index (χ3v) is 6.72. The molecule has 0 radical (unpaired) electrons. The Morgan fingerprint density at radius 2 is 1.70 bits per heavy atom. The van der Waals surface area contributed by atoms with Crippen LogP contribution in [0.15, 0.2) is 82.0 Å². The lowest BCUT2D eigenvalue weighted by Crippen LogP contribution is -2.29. The van der Waals surface area contributed by atoms with E-state index >= 15 is 0 Å². The van der Waals surface area contributed by atoms with Crippen LogP contribution in [0.3, 0.4) is 0 Å². The summed E-state index contributed by atoms with van der Waals surface area (Å²) in [4.78, 5) is 43.8. The number of fused-ring (bicyclic) bond motifs is 3. The second kappa shape index (κ2) is 7.07. The molecule has 0 spiro atoms. The number of carbonyl (C=O) groups excluding carboxylic acids is 1. The molecule has 0 saturated carbocycles. The molecule has 9 heteroatoms. The normalized spacial score (nSPS) is 15.3. The summed E-state index contributed by atoms with van der Waals surface area (Å²) in [7, 11) is 0. The van der Waals surface area contributed by atoms with Crippen LogP contribution < -0.4 is 10.3 Å². The number of thiazole rings is 1. The second-order valence-corrected chi connectivity index (χ2v) is 8.57. The average Bonchev–Trinajstić information content (AvgIpc) is 3.38. The second-order valence-electron chi connectivity index (χ2n) is 7.56. The molecule has 1 atom stereocenters. The van der Waals surface area contributed by atoms with Gasteiger partial charge in [-0.05, 0) is 42.0 Å². The number of aromatic nitrogens is 1. The molecule has 1 aliphatic rings. The number of hydrogen-bond acceptors (Lipinski definition) is 7. The van der Waals surface area contributed by atoms with E-state index in [9.17, 15) is 19.7 Å². The highest BCUT2D eigenvalue weighted by Gasteiger charge is 2.45. The van der Waals surface area contributed by atoms with Gasteiger partial charge in [0.15, 0.2) is 10.6 Å². The van der Waals surface area contributed by atoms with Gasteiger partial charge in [0.05, 0.1) is 32.1 Å². The number of hydrogen-bond donors (Lipinski definition) is 0. The van der Waals surface area contributed by atoms with E-state index in [1.165, 1.54) is 28.4 Å². The van der Waals surface area contributed by atoms with Crippen molar-refractivity contribution in [3.05, 3.63) is 110 Å². The van der Waals surface area contributed by atoms with Crippen molar-refractivity contribution in [1.29, 1.82) is 0 Å². The van der Waals surface area contributed by atoms with Crippen LogP contribution in [0.4, 0.5) is 10.8 Å². The van der Waals surface area contributed by atoms with E-state index in [1.54, 1.807) is 36.4 Å². The standard InChI is InChI=1S/C24H13N3O5S/c28-21-15-5-1-3-7-17(15)32-22-19(21)20(13-9-11-14(12-10-13)27(30)31)26(23(22)29)24-25-16-6-2-4-8-18(16)33-24/h1-12,20H/t20-/m1/s1. The van der Waals surface area contributed by atoms with Crippen molar-refractivity contribution in [2.45, 2.75) is 6.04 Å². The molecule has 2 aromatic heterocycles. The Morgan fingerprint density at radius 3 is 2.45 bits per heavy atom. The number of para-hydroxylation sites is 2. The van der Waals surface area contributed by atoms with E-state index in [0.29, 0.717) is 21.7 Å². The first-order valence-electron chi connectivity index (χ1n) is 10.0. The molecular weight excluding hydrogens is 442 g/mol. The number of benzene rings is 3. The Morgan fingerprint density at radius 1 is 0.970 bits per heavy atom. The average molecular weight is 455 g/mol. The Hall–Kier alpha value is -4.37. The lowest BCUT2D eigenvalue weighted by Gasteiger charge is -2.22. The van der Waals surface area contributed by atoms with Crippen LogP contribution in [0.5, 0.6) is 0 Å². The summed E-state index contributed by atoms with van der Waals surface area (Å²) >= 11 is 1.33. The number of nitro benzene ring substituents is 1. The molecule has 0 unspecified atom stereocenters. The third-order valence-electron chi connectivity index (χ3n) is 5.69. The molecule has 0 saturated heterocycles. The van der Waals surface area contributed by atoms with Crippen LogP contribution in [0.1, 0.15) is 27.7 Å². The van der Waals surface area contributed by atoms with E-state index in [0.717, 1.165) is 10.2 Å². The fraction of sp³-hybridized carbons (Fsp3) is 0.0417. The topological polar surface area (TPSA) is 107 Å². The van der Waals surface area contributed by atoms with E-state index in [-0.39, 0.29) is 22.4 Å². The lowest BCUT2D eigenvalue weighted by atomic mass is 9.98. The van der Waals surface area contributed by atoms with Crippen molar-refractivity contribution in [2.24, 2.45) is 0 Å². The van der Waals surface area contributed by atoms with Gasteiger partial charge in [-0.3, -0.25) is 24.6 Å². The molecule has 0 fully saturated rings. The molecule has 0 bridgehead atoms. The number of carbonyl (C=O) groups is 1. The minimum absolute atomic E-state index is 0.0405. The largest absolute Gasteiger partial charge is 0.450 e. The van der Waals surface area contributed by atoms with Crippen molar-refractivity contribution >= 4 is 49.2 Å². The minimum Gasteiger partial charge on any atom is -0.450 e. The zero-order valence-electron chi connectivity index (χ0n) is 16.8. The molecule has 33 heavy (non-hydrogen) atoms. The lowest BCUT2D eigenvalue weighted by molar-refractivity contribution is -0.384. The summed E-state index contributed by atoms with van der Waals surface area (Å²) in [6.45, 7) is 0. The van der Waals surface area contributed by atoms with Gasteiger partial charge in [0, 0.05) is 12.1 Å². The first-order valence-corrected chi connectivity index (χ1v) is 10.8. The summed E-state index contributed by atoms with van der Waals surface area (Å²) in [5.74, 6) is -0.517. The van der Waals surface area contributed by atoms with E-state index < -0.39 is 16.9 Å². The van der Waals surface area contributed by atoms with Gasteiger partial charge in [-0.1, -0.05) is 35.6 Å². The summed E-state index contributed by atoms with van der Waals surface area (Å²) in [6, 6.07) is 19.3. The summed E-state index contributed by atoms with van der Waals surface area (Å²) in [5, 5.41) is 11.9. The van der Waals surface area contributed by atoms with Gasteiger partial charge in [-0.25, -0.2) is 4.98 Å². The van der Waals surface area contributed by atoms with E-state index in [4.69, 9.17) is 4.42 Å². The Labute approximate surface area is 189 Å². The summed E-state index contributed by atoms with van der Waals surface area (Å²) in [5.41, 5.74) is 1.41. The third kappa shape index (κ3) is 2.86. The highest BCUT2D eigenvalue weighted by molar-refractivity contribution is 7.22. The smallest absolute Gasteiger partial charge is 0.297 e. The highest BCUT2D eigenvalue weighted by atomic mass is 32.1. The molecule has 5 aromatic rings. The highest BCUT2D eigenvalue weighted by Crippen LogP contribution is 2.43. The van der Waals surface area contributed by atoms with Crippen molar-refractivity contribution in [1.82, 2.24) is 4.98 Å². The molecule has 1 amide bonds. The van der Waals surface area contributed by atoms with Gasteiger partial charge in [0.2, 0.25) is 5.76 Å². The van der Waals surface area contributed by atoms with Gasteiger partial charge >= 0.3 is 0 Å². The van der Waals surface area contributed by atoms with Crippen molar-refractivity contribution in [3.63, 3.8) is 0 Å². The maximum Gasteiger partial charge on any atom is 0.297 e. The molecule has 0 aliphatic carbocycles. The molecule has 1 aliphatic heterocycles. The Kier molecular flexibility index (Phi) is 4.14. The summed E-state index contributed by atoms with van der Waals surface area (Å²) < 4.78 is 6.81. The van der Waals surface area contributed by atoms with E-state index in [2.05, 4.69) is 4.98 Å². The maximum atomic E-state index is 13.6. The number of rotatable bonds is 3. The van der Waals surface area contributed by atoms with Gasteiger partial charge in [0.1, 0.15) is 5.58 Å². The zero-order chi connectivity index (χ0) is 22.7. The fourth-order valence-electron chi connectivity index (χ4n) is 4.17. The van der Waals surface area contributed by atoms with Gasteiger partial charge in [-0.15, -0.1) is 0 Å². The van der Waals surface area contributed by atoms with Crippen LogP contribution in [0, 0.1) is 10.1 Å². The number of amides is 1. The SMILES string of the molecule is O=C1c2oc3ccccc3c(=O)c2[C@@H](c2ccc([N+](=O)[O-])cc2)N1c1nc2ccccc2s1. The molecule has 6 rings (SSSR count). The van der Waals surface area contributed by atoms with Crippen LogP contribution in [0.2, 0.25) is 0 Å². The van der Waals surface area contributed by atoms with Crippen LogP contribution in [-0.2, 0) is 0 Å². The predicted molar refractivity (Wildman–Crippen MR) is 124 cm³/mol. The quantitative estimate of drug-likeness (QED) is 0.278. The van der Waals surface area contributed by atoms with Gasteiger partial charge in [0.25, 0.3) is 11.6 Å². The maximum absolute atomic E-state index is 13.6. The number of anilines is 1. The number of non-ortho nitro benzene ring substituents is 1. The van der Waals surface area contributed by atoms with Gasteiger partial charge in [-0.2, -0.15) is 0 Å². The van der Waals surface area contributed by atoms with Crippen molar-refractivity contribution in [3.8, 4) is 0 Å². The predicted octanol–water partition coefficient (Wildman–Crippen LogP) is 5.06. The fourth-order valence-corrected chi connectivity index (χ4v) is 5.17. The van der Waals surface area contributed by atoms with Crippen LogP contribution in [0.25, 0.3) is 21.2 Å². The molecule has 160 valence electrons. The number of nitrogens with zero attached hydrogens (tertiary/aromatic N) is 3.